The smallest absolute Gasteiger partial charge is 0.191 e. The molecule has 0 aromatic heterocycles. The largest absolute Gasteiger partial charge is 0.497 e. The molecular weight excluding hydrogens is 258 g/mol. The summed E-state index contributed by atoms with van der Waals surface area (Å²) >= 11 is 0. The highest BCUT2D eigenvalue weighted by atomic mass is 16.5. The van der Waals surface area contributed by atoms with E-state index in [-0.39, 0.29) is 6.54 Å². The summed E-state index contributed by atoms with van der Waals surface area (Å²) in [5.74, 6) is 1.17. The number of nitrogens with two attached hydrogens (primary N) is 1. The monoisotopic (exact) mass is 279 g/mol. The van der Waals surface area contributed by atoms with E-state index in [0.717, 1.165) is 18.7 Å². The summed E-state index contributed by atoms with van der Waals surface area (Å²) in [5.41, 5.74) is 6.68. The highest BCUT2D eigenvalue weighted by molar-refractivity contribution is 5.78. The van der Waals surface area contributed by atoms with Gasteiger partial charge in [-0.3, -0.25) is 4.99 Å². The fraction of sp³-hybridized carbons (Fsp3) is 0.500. The number of ether oxygens (including phenoxy) is 2. The zero-order valence-electron chi connectivity index (χ0n) is 11.7. The molecular formula is C14H21N3O3. The molecule has 0 amide bonds. The molecule has 1 heterocycles. The molecule has 1 aromatic rings. The van der Waals surface area contributed by atoms with Crippen molar-refractivity contribution in [1.82, 2.24) is 4.90 Å². The highest BCUT2D eigenvalue weighted by Gasteiger charge is 2.13. The summed E-state index contributed by atoms with van der Waals surface area (Å²) < 4.78 is 10.4. The summed E-state index contributed by atoms with van der Waals surface area (Å²) in [4.78, 5) is 6.21. The highest BCUT2D eigenvalue weighted by Crippen LogP contribution is 2.19. The molecule has 0 saturated carbocycles. The lowest BCUT2D eigenvalue weighted by Gasteiger charge is -2.27. The van der Waals surface area contributed by atoms with Crippen LogP contribution >= 0.6 is 0 Å². The van der Waals surface area contributed by atoms with Crippen LogP contribution in [0.1, 0.15) is 11.7 Å². The van der Waals surface area contributed by atoms with Gasteiger partial charge in [-0.1, -0.05) is 12.1 Å². The number of aliphatic hydroxyl groups is 1. The second kappa shape index (κ2) is 7.12. The number of guanidine groups is 1. The molecule has 20 heavy (non-hydrogen) atoms. The third kappa shape index (κ3) is 3.85. The number of aliphatic hydroxyl groups excluding tert-OH is 1. The Morgan fingerprint density at radius 1 is 1.50 bits per heavy atom. The van der Waals surface area contributed by atoms with Gasteiger partial charge in [0.1, 0.15) is 5.75 Å². The lowest BCUT2D eigenvalue weighted by molar-refractivity contribution is 0.0672. The van der Waals surface area contributed by atoms with Crippen LogP contribution in [0.4, 0.5) is 0 Å². The van der Waals surface area contributed by atoms with Gasteiger partial charge in [0.2, 0.25) is 0 Å². The second-order valence-corrected chi connectivity index (χ2v) is 4.59. The number of aliphatic imine (C=N–C) groups is 1. The van der Waals surface area contributed by atoms with Gasteiger partial charge in [-0.15, -0.1) is 0 Å². The third-order valence-electron chi connectivity index (χ3n) is 3.24. The Labute approximate surface area is 118 Å². The molecule has 0 bridgehead atoms. The van der Waals surface area contributed by atoms with E-state index in [1.165, 1.54) is 0 Å². The lowest BCUT2D eigenvalue weighted by atomic mass is 10.1. The molecule has 3 N–H and O–H groups in total. The summed E-state index contributed by atoms with van der Waals surface area (Å²) in [6.07, 6.45) is -0.690. The van der Waals surface area contributed by atoms with Crippen molar-refractivity contribution in [3.8, 4) is 5.75 Å². The molecule has 0 spiro atoms. The average Bonchev–Trinajstić information content (AvgIpc) is 2.53. The SMILES string of the molecule is COc1cccc(C(O)CN=C(N)N2CCOCC2)c1. The van der Waals surface area contributed by atoms with Crippen molar-refractivity contribution < 1.29 is 14.6 Å². The Balaban J connectivity index is 1.94. The van der Waals surface area contributed by atoms with Crippen LogP contribution in [0.25, 0.3) is 0 Å². The van der Waals surface area contributed by atoms with Crippen molar-refractivity contribution in [2.24, 2.45) is 10.7 Å². The van der Waals surface area contributed by atoms with Crippen LogP contribution in [0.2, 0.25) is 0 Å². The minimum absolute atomic E-state index is 0.232. The van der Waals surface area contributed by atoms with Gasteiger partial charge in [0.05, 0.1) is 33.0 Å². The average molecular weight is 279 g/mol. The van der Waals surface area contributed by atoms with Gasteiger partial charge in [-0.05, 0) is 17.7 Å². The van der Waals surface area contributed by atoms with Crippen molar-refractivity contribution in [1.29, 1.82) is 0 Å². The van der Waals surface area contributed by atoms with E-state index in [2.05, 4.69) is 4.99 Å². The summed E-state index contributed by atoms with van der Waals surface area (Å²) in [5, 5.41) is 10.1. The number of hydrogen-bond acceptors (Lipinski definition) is 4. The van der Waals surface area contributed by atoms with Crippen LogP contribution < -0.4 is 10.5 Å². The number of rotatable bonds is 4. The molecule has 1 aliphatic rings. The number of nitrogens with zero attached hydrogens (tertiary/aromatic N) is 2. The summed E-state index contributed by atoms with van der Waals surface area (Å²) in [6.45, 7) is 3.04. The standard InChI is InChI=1S/C14H21N3O3/c1-19-12-4-2-3-11(9-12)13(18)10-16-14(15)17-5-7-20-8-6-17/h2-4,9,13,18H,5-8,10H2,1H3,(H2,15,16). The number of methoxy groups -OCH3 is 1. The first-order chi connectivity index (χ1) is 9.70. The fourth-order valence-corrected chi connectivity index (χ4v) is 2.03. The van der Waals surface area contributed by atoms with E-state index in [0.29, 0.717) is 24.9 Å². The Kier molecular flexibility index (Phi) is 5.20. The topological polar surface area (TPSA) is 80.3 Å². The molecule has 1 aromatic carbocycles. The predicted octanol–water partition coefficient (Wildman–Crippen LogP) is 0.375. The van der Waals surface area contributed by atoms with E-state index in [9.17, 15) is 5.11 Å². The van der Waals surface area contributed by atoms with Crippen LogP contribution in [0.15, 0.2) is 29.3 Å². The maximum absolute atomic E-state index is 10.1. The quantitative estimate of drug-likeness (QED) is 0.615. The summed E-state index contributed by atoms with van der Waals surface area (Å²) in [6, 6.07) is 7.31. The van der Waals surface area contributed by atoms with E-state index < -0.39 is 6.10 Å². The number of hydrogen-bond donors (Lipinski definition) is 2. The van der Waals surface area contributed by atoms with Crippen molar-refractivity contribution in [3.05, 3.63) is 29.8 Å². The van der Waals surface area contributed by atoms with E-state index in [4.69, 9.17) is 15.2 Å². The Morgan fingerprint density at radius 3 is 2.95 bits per heavy atom. The van der Waals surface area contributed by atoms with Crippen LogP contribution in [-0.4, -0.2) is 55.9 Å². The third-order valence-corrected chi connectivity index (χ3v) is 3.24. The molecule has 1 atom stereocenters. The van der Waals surface area contributed by atoms with Gasteiger partial charge in [0, 0.05) is 13.1 Å². The molecule has 6 heteroatoms. The second-order valence-electron chi connectivity index (χ2n) is 4.59. The first-order valence-corrected chi connectivity index (χ1v) is 6.65. The van der Waals surface area contributed by atoms with Crippen LogP contribution in [0, 0.1) is 0 Å². The normalized spacial score (nSPS) is 17.9. The maximum Gasteiger partial charge on any atom is 0.191 e. The van der Waals surface area contributed by atoms with Gasteiger partial charge < -0.3 is 25.2 Å². The van der Waals surface area contributed by atoms with Gasteiger partial charge >= 0.3 is 0 Å². The molecule has 1 unspecified atom stereocenters. The Bertz CT molecular complexity index is 459. The zero-order valence-corrected chi connectivity index (χ0v) is 11.7. The molecule has 110 valence electrons. The molecule has 0 aliphatic carbocycles. The zero-order chi connectivity index (χ0) is 14.4. The van der Waals surface area contributed by atoms with Crippen LogP contribution in [0.3, 0.4) is 0 Å². The van der Waals surface area contributed by atoms with Gasteiger partial charge in [0.25, 0.3) is 0 Å². The van der Waals surface area contributed by atoms with E-state index in [1.807, 2.05) is 23.1 Å². The fourth-order valence-electron chi connectivity index (χ4n) is 2.03. The molecule has 1 fully saturated rings. The van der Waals surface area contributed by atoms with Crippen molar-refractivity contribution in [3.63, 3.8) is 0 Å². The molecule has 0 radical (unpaired) electrons. The van der Waals surface area contributed by atoms with Crippen LogP contribution in [-0.2, 0) is 4.74 Å². The van der Waals surface area contributed by atoms with Crippen molar-refractivity contribution in [2.45, 2.75) is 6.10 Å². The van der Waals surface area contributed by atoms with E-state index >= 15 is 0 Å². The van der Waals surface area contributed by atoms with Gasteiger partial charge in [-0.2, -0.15) is 0 Å². The van der Waals surface area contributed by atoms with Crippen molar-refractivity contribution in [2.75, 3.05) is 40.0 Å². The first-order valence-electron chi connectivity index (χ1n) is 6.65. The number of benzene rings is 1. The van der Waals surface area contributed by atoms with Crippen molar-refractivity contribution >= 4 is 5.96 Å². The predicted molar refractivity (Wildman–Crippen MR) is 76.8 cm³/mol. The molecule has 1 aliphatic heterocycles. The minimum Gasteiger partial charge on any atom is -0.497 e. The molecule has 2 rings (SSSR count). The maximum atomic E-state index is 10.1. The summed E-state index contributed by atoms with van der Waals surface area (Å²) in [7, 11) is 1.60. The molecule has 1 saturated heterocycles. The Hall–Kier alpha value is -1.79. The van der Waals surface area contributed by atoms with Crippen LogP contribution in [0.5, 0.6) is 5.75 Å². The minimum atomic E-state index is -0.690. The van der Waals surface area contributed by atoms with E-state index in [1.54, 1.807) is 13.2 Å². The van der Waals surface area contributed by atoms with Gasteiger partial charge in [0.15, 0.2) is 5.96 Å². The van der Waals surface area contributed by atoms with Gasteiger partial charge in [-0.25, -0.2) is 0 Å². The molecule has 6 nitrogen and oxygen atoms in total. The number of morpholine rings is 1. The Morgan fingerprint density at radius 2 is 2.25 bits per heavy atom. The lowest BCUT2D eigenvalue weighted by Crippen LogP contribution is -2.45. The first kappa shape index (κ1) is 14.6.